The first-order chi connectivity index (χ1) is 8.20. The number of ketones is 1. The lowest BCUT2D eigenvalue weighted by molar-refractivity contribution is 0.100. The molecular weight excluding hydrogens is 217 g/mol. The summed E-state index contributed by atoms with van der Waals surface area (Å²) in [5.74, 6) is -0.348. The number of Topliss-reactive ketones (excluding diaryl/α,β-unsaturated/α-hetero) is 1. The zero-order chi connectivity index (χ0) is 12.3. The lowest BCUT2D eigenvalue weighted by Crippen LogP contribution is -2.13. The molecule has 2 rings (SSSR count). The van der Waals surface area contributed by atoms with Crippen LogP contribution in [0.15, 0.2) is 48.5 Å². The first-order valence-electron chi connectivity index (χ1n) is 5.30. The van der Waals surface area contributed by atoms with E-state index >= 15 is 0 Å². The van der Waals surface area contributed by atoms with Crippen molar-refractivity contribution in [2.45, 2.75) is 0 Å². The highest BCUT2D eigenvalue weighted by atomic mass is 19.1. The zero-order valence-electron chi connectivity index (χ0n) is 9.19. The van der Waals surface area contributed by atoms with Crippen molar-refractivity contribution in [1.82, 2.24) is 0 Å². The van der Waals surface area contributed by atoms with E-state index in [0.717, 1.165) is 11.1 Å². The van der Waals surface area contributed by atoms with E-state index in [1.165, 1.54) is 12.1 Å². The molecule has 0 amide bonds. The fraction of sp³-hybridized carbons (Fsp3) is 0.0714. The Kier molecular flexibility index (Phi) is 3.30. The molecule has 17 heavy (non-hydrogen) atoms. The molecular formula is C14H12FNO. The van der Waals surface area contributed by atoms with Gasteiger partial charge >= 0.3 is 0 Å². The van der Waals surface area contributed by atoms with Crippen LogP contribution in [0.5, 0.6) is 0 Å². The molecule has 0 radical (unpaired) electrons. The summed E-state index contributed by atoms with van der Waals surface area (Å²) in [7, 11) is 0. The van der Waals surface area contributed by atoms with Gasteiger partial charge in [-0.25, -0.2) is 4.39 Å². The summed E-state index contributed by atoms with van der Waals surface area (Å²) in [6, 6.07) is 13.3. The Morgan fingerprint density at radius 2 is 1.41 bits per heavy atom. The third-order valence-electron chi connectivity index (χ3n) is 2.57. The maximum atomic E-state index is 12.8. The van der Waals surface area contributed by atoms with Crippen LogP contribution in [0.1, 0.15) is 10.4 Å². The van der Waals surface area contributed by atoms with Gasteiger partial charge in [-0.05, 0) is 23.3 Å². The average Bonchev–Trinajstić information content (AvgIpc) is 2.39. The quantitative estimate of drug-likeness (QED) is 0.822. The van der Waals surface area contributed by atoms with E-state index in [1.807, 2.05) is 12.1 Å². The Balaban J connectivity index is 2.29. The van der Waals surface area contributed by atoms with Crippen LogP contribution in [0, 0.1) is 5.82 Å². The molecule has 0 aliphatic carbocycles. The number of halogens is 1. The molecule has 2 aromatic carbocycles. The monoisotopic (exact) mass is 229 g/mol. The first kappa shape index (κ1) is 11.5. The molecule has 0 aliphatic rings. The van der Waals surface area contributed by atoms with Gasteiger partial charge in [0.1, 0.15) is 5.82 Å². The first-order valence-corrected chi connectivity index (χ1v) is 5.30. The molecule has 0 saturated carbocycles. The molecule has 2 nitrogen and oxygen atoms in total. The summed E-state index contributed by atoms with van der Waals surface area (Å²) in [6.45, 7) is 0.00982. The molecule has 0 aliphatic heterocycles. The number of hydrogen-bond acceptors (Lipinski definition) is 2. The van der Waals surface area contributed by atoms with Crippen molar-refractivity contribution < 1.29 is 9.18 Å². The van der Waals surface area contributed by atoms with Gasteiger partial charge in [0.15, 0.2) is 5.78 Å². The topological polar surface area (TPSA) is 43.1 Å². The maximum Gasteiger partial charge on any atom is 0.176 e. The third kappa shape index (κ3) is 2.57. The molecule has 0 atom stereocenters. The largest absolute Gasteiger partial charge is 0.324 e. The molecule has 0 unspecified atom stereocenters. The number of rotatable bonds is 3. The van der Waals surface area contributed by atoms with E-state index in [9.17, 15) is 9.18 Å². The molecule has 0 spiro atoms. The predicted octanol–water partition coefficient (Wildman–Crippen LogP) is 2.63. The minimum Gasteiger partial charge on any atom is -0.324 e. The highest BCUT2D eigenvalue weighted by Gasteiger charge is 2.03. The molecule has 86 valence electrons. The van der Waals surface area contributed by atoms with Gasteiger partial charge in [0.25, 0.3) is 0 Å². The molecule has 2 N–H and O–H groups in total. The fourth-order valence-corrected chi connectivity index (χ4v) is 1.61. The molecule has 0 bridgehead atoms. The van der Waals surface area contributed by atoms with Gasteiger partial charge in [0, 0.05) is 5.56 Å². The summed E-state index contributed by atoms with van der Waals surface area (Å²) in [4.78, 5) is 11.3. The molecule has 0 heterocycles. The van der Waals surface area contributed by atoms with E-state index in [1.54, 1.807) is 24.3 Å². The Morgan fingerprint density at radius 3 is 1.88 bits per heavy atom. The van der Waals surface area contributed by atoms with E-state index in [-0.39, 0.29) is 18.1 Å². The number of nitrogens with two attached hydrogens (primary N) is 1. The van der Waals surface area contributed by atoms with E-state index in [2.05, 4.69) is 0 Å². The second kappa shape index (κ2) is 4.89. The van der Waals surface area contributed by atoms with E-state index < -0.39 is 0 Å². The van der Waals surface area contributed by atoms with Crippen molar-refractivity contribution in [3.8, 4) is 11.1 Å². The fourth-order valence-electron chi connectivity index (χ4n) is 1.61. The number of hydrogen-bond donors (Lipinski definition) is 1. The SMILES string of the molecule is NCC(=O)c1ccc(-c2ccc(F)cc2)cc1. The van der Waals surface area contributed by atoms with Crippen molar-refractivity contribution >= 4 is 5.78 Å². The third-order valence-corrected chi connectivity index (χ3v) is 2.57. The normalized spacial score (nSPS) is 10.2. The molecule has 0 aromatic heterocycles. The number of carbonyl (C=O) groups is 1. The highest BCUT2D eigenvalue weighted by molar-refractivity contribution is 5.97. The summed E-state index contributed by atoms with van der Waals surface area (Å²) in [6.07, 6.45) is 0. The van der Waals surface area contributed by atoms with Crippen molar-refractivity contribution in [2.75, 3.05) is 6.54 Å². The smallest absolute Gasteiger partial charge is 0.176 e. The standard InChI is InChI=1S/C14H12FNO/c15-13-7-5-11(6-8-13)10-1-3-12(4-2-10)14(17)9-16/h1-8H,9,16H2. The lowest BCUT2D eigenvalue weighted by Gasteiger charge is -2.03. The number of carbonyl (C=O) groups excluding carboxylic acids is 1. The molecule has 2 aromatic rings. The number of benzene rings is 2. The highest BCUT2D eigenvalue weighted by Crippen LogP contribution is 2.20. The second-order valence-electron chi connectivity index (χ2n) is 3.71. The van der Waals surface area contributed by atoms with Crippen LogP contribution >= 0.6 is 0 Å². The van der Waals surface area contributed by atoms with Gasteiger partial charge in [-0.3, -0.25) is 4.79 Å². The van der Waals surface area contributed by atoms with Crippen LogP contribution < -0.4 is 5.73 Å². The van der Waals surface area contributed by atoms with Crippen LogP contribution in [0.4, 0.5) is 4.39 Å². The zero-order valence-corrected chi connectivity index (χ0v) is 9.19. The van der Waals surface area contributed by atoms with Crippen LogP contribution in [0.2, 0.25) is 0 Å². The summed E-state index contributed by atoms with van der Waals surface area (Å²) < 4.78 is 12.8. The minimum absolute atomic E-state index is 0.00982. The van der Waals surface area contributed by atoms with Crippen molar-refractivity contribution in [3.05, 3.63) is 59.9 Å². The maximum absolute atomic E-state index is 12.8. The van der Waals surface area contributed by atoms with Crippen LogP contribution in [-0.2, 0) is 0 Å². The minimum atomic E-state index is -0.260. The Hall–Kier alpha value is -2.00. The van der Waals surface area contributed by atoms with Crippen LogP contribution in [0.25, 0.3) is 11.1 Å². The van der Waals surface area contributed by atoms with Crippen LogP contribution in [-0.4, -0.2) is 12.3 Å². The van der Waals surface area contributed by atoms with Gasteiger partial charge < -0.3 is 5.73 Å². The molecule has 3 heteroatoms. The van der Waals surface area contributed by atoms with Gasteiger partial charge in [-0.2, -0.15) is 0 Å². The Morgan fingerprint density at radius 1 is 0.941 bits per heavy atom. The van der Waals surface area contributed by atoms with E-state index in [4.69, 9.17) is 5.73 Å². The van der Waals surface area contributed by atoms with Gasteiger partial charge in [-0.1, -0.05) is 36.4 Å². The van der Waals surface area contributed by atoms with Crippen molar-refractivity contribution in [3.63, 3.8) is 0 Å². The summed E-state index contributed by atoms with van der Waals surface area (Å²) in [5.41, 5.74) is 7.73. The summed E-state index contributed by atoms with van der Waals surface area (Å²) >= 11 is 0. The second-order valence-corrected chi connectivity index (χ2v) is 3.71. The van der Waals surface area contributed by atoms with Crippen molar-refractivity contribution in [2.24, 2.45) is 5.73 Å². The van der Waals surface area contributed by atoms with Gasteiger partial charge in [0.05, 0.1) is 6.54 Å². The van der Waals surface area contributed by atoms with E-state index in [0.29, 0.717) is 5.56 Å². The predicted molar refractivity (Wildman–Crippen MR) is 65.2 cm³/mol. The summed E-state index contributed by atoms with van der Waals surface area (Å²) in [5, 5.41) is 0. The lowest BCUT2D eigenvalue weighted by atomic mass is 10.0. The molecule has 0 fully saturated rings. The van der Waals surface area contributed by atoms with Crippen molar-refractivity contribution in [1.29, 1.82) is 0 Å². The van der Waals surface area contributed by atoms with Gasteiger partial charge in [0.2, 0.25) is 0 Å². The Labute approximate surface area is 98.9 Å². The Bertz CT molecular complexity index is 517. The van der Waals surface area contributed by atoms with Gasteiger partial charge in [-0.15, -0.1) is 0 Å². The average molecular weight is 229 g/mol. The van der Waals surface area contributed by atoms with Crippen LogP contribution in [0.3, 0.4) is 0 Å². The molecule has 0 saturated heterocycles.